The van der Waals surface area contributed by atoms with Crippen molar-refractivity contribution < 1.29 is 0 Å². The van der Waals surface area contributed by atoms with E-state index in [1.807, 2.05) is 6.92 Å². The maximum absolute atomic E-state index is 4.47. The number of anilines is 2. The summed E-state index contributed by atoms with van der Waals surface area (Å²) in [6.45, 7) is 7.97. The van der Waals surface area contributed by atoms with E-state index in [1.54, 1.807) is 17.7 Å². The van der Waals surface area contributed by atoms with Crippen molar-refractivity contribution in [1.82, 2.24) is 15.0 Å². The van der Waals surface area contributed by atoms with Gasteiger partial charge in [-0.25, -0.2) is 15.0 Å². The smallest absolute Gasteiger partial charge is 0.135 e. The van der Waals surface area contributed by atoms with Crippen LogP contribution in [0.1, 0.15) is 43.0 Å². The molecule has 0 aliphatic rings. The second-order valence-corrected chi connectivity index (χ2v) is 6.00. The summed E-state index contributed by atoms with van der Waals surface area (Å²) in [5.41, 5.74) is 2.22. The van der Waals surface area contributed by atoms with Crippen LogP contribution in [0.4, 0.5) is 11.6 Å². The molecule has 6 heteroatoms. The lowest BCUT2D eigenvalue weighted by Crippen LogP contribution is -2.11. The minimum Gasteiger partial charge on any atom is -0.370 e. The Bertz CT molecular complexity index is 567. The first-order valence-corrected chi connectivity index (χ1v) is 8.35. The van der Waals surface area contributed by atoms with Gasteiger partial charge in [0, 0.05) is 17.5 Å². The van der Waals surface area contributed by atoms with Crippen LogP contribution in [0.25, 0.3) is 0 Å². The molecule has 0 bridgehead atoms. The minimum absolute atomic E-state index is 0.700. The highest BCUT2D eigenvalue weighted by Gasteiger charge is 2.10. The lowest BCUT2D eigenvalue weighted by atomic mass is 10.1. The zero-order valence-electron chi connectivity index (χ0n) is 12.9. The minimum atomic E-state index is 0.700. The number of nitrogens with one attached hydrogen (secondary N) is 2. The zero-order chi connectivity index (χ0) is 15.1. The SMILES string of the molecule is CCCNc1ncnc(NCc2csc(C)n2)c1CCC. The summed E-state index contributed by atoms with van der Waals surface area (Å²) >= 11 is 1.67. The molecule has 0 aliphatic carbocycles. The van der Waals surface area contributed by atoms with Gasteiger partial charge in [-0.1, -0.05) is 20.3 Å². The maximum atomic E-state index is 4.47. The quantitative estimate of drug-likeness (QED) is 0.780. The van der Waals surface area contributed by atoms with Gasteiger partial charge >= 0.3 is 0 Å². The van der Waals surface area contributed by atoms with Crippen LogP contribution in [0, 0.1) is 6.92 Å². The van der Waals surface area contributed by atoms with Crippen LogP contribution in [-0.2, 0) is 13.0 Å². The Morgan fingerprint density at radius 2 is 1.86 bits per heavy atom. The molecule has 0 amide bonds. The van der Waals surface area contributed by atoms with Crippen LogP contribution in [0.3, 0.4) is 0 Å². The summed E-state index contributed by atoms with van der Waals surface area (Å²) in [5, 5.41) is 9.96. The van der Waals surface area contributed by atoms with Gasteiger partial charge in [-0.05, 0) is 19.8 Å². The van der Waals surface area contributed by atoms with Crippen LogP contribution in [0.5, 0.6) is 0 Å². The second-order valence-electron chi connectivity index (χ2n) is 4.94. The molecule has 2 aromatic heterocycles. The Balaban J connectivity index is 2.12. The monoisotopic (exact) mass is 305 g/mol. The average molecular weight is 305 g/mol. The predicted octanol–water partition coefficient (Wildman–Crippen LogP) is 3.63. The Morgan fingerprint density at radius 1 is 1.10 bits per heavy atom. The fourth-order valence-corrected chi connectivity index (χ4v) is 2.72. The van der Waals surface area contributed by atoms with Crippen molar-refractivity contribution in [2.75, 3.05) is 17.2 Å². The fourth-order valence-electron chi connectivity index (χ4n) is 2.11. The lowest BCUT2D eigenvalue weighted by Gasteiger charge is -2.14. The van der Waals surface area contributed by atoms with Gasteiger partial charge in [0.1, 0.15) is 18.0 Å². The van der Waals surface area contributed by atoms with Crippen LogP contribution >= 0.6 is 11.3 Å². The normalized spacial score (nSPS) is 10.6. The van der Waals surface area contributed by atoms with Gasteiger partial charge in [-0.15, -0.1) is 11.3 Å². The van der Waals surface area contributed by atoms with Gasteiger partial charge in [-0.2, -0.15) is 0 Å². The van der Waals surface area contributed by atoms with E-state index in [9.17, 15) is 0 Å². The third-order valence-corrected chi connectivity index (χ3v) is 3.91. The summed E-state index contributed by atoms with van der Waals surface area (Å²) in [6, 6.07) is 0. The first-order valence-electron chi connectivity index (χ1n) is 7.47. The molecule has 5 nitrogen and oxygen atoms in total. The molecule has 21 heavy (non-hydrogen) atoms. The van der Waals surface area contributed by atoms with Crippen molar-refractivity contribution in [3.05, 3.63) is 28.0 Å². The lowest BCUT2D eigenvalue weighted by molar-refractivity contribution is 0.884. The third kappa shape index (κ3) is 4.39. The standard InChI is InChI=1S/C15H23N5S/c1-4-6-13-14(16-7-5-2)18-10-19-15(13)17-8-12-9-21-11(3)20-12/h9-10H,4-8H2,1-3H3,(H2,16,17,18,19). The van der Waals surface area contributed by atoms with E-state index in [-0.39, 0.29) is 0 Å². The van der Waals surface area contributed by atoms with Crippen molar-refractivity contribution >= 4 is 23.0 Å². The molecule has 0 saturated carbocycles. The Labute approximate surface area is 130 Å². The Kier molecular flexibility index (Phi) is 5.92. The van der Waals surface area contributed by atoms with Crippen molar-refractivity contribution in [2.45, 2.75) is 46.6 Å². The molecule has 0 saturated heterocycles. The van der Waals surface area contributed by atoms with E-state index >= 15 is 0 Å². The summed E-state index contributed by atoms with van der Waals surface area (Å²) in [6.07, 6.45) is 4.73. The number of hydrogen-bond donors (Lipinski definition) is 2. The fraction of sp³-hybridized carbons (Fsp3) is 0.533. The maximum Gasteiger partial charge on any atom is 0.135 e. The van der Waals surface area contributed by atoms with Crippen molar-refractivity contribution in [1.29, 1.82) is 0 Å². The highest BCUT2D eigenvalue weighted by molar-refractivity contribution is 7.09. The number of hydrogen-bond acceptors (Lipinski definition) is 6. The first-order chi connectivity index (χ1) is 10.2. The van der Waals surface area contributed by atoms with Gasteiger partial charge in [-0.3, -0.25) is 0 Å². The van der Waals surface area contributed by atoms with Crippen LogP contribution in [0.2, 0.25) is 0 Å². The summed E-state index contributed by atoms with van der Waals surface area (Å²) in [4.78, 5) is 13.3. The third-order valence-electron chi connectivity index (χ3n) is 3.09. The summed E-state index contributed by atoms with van der Waals surface area (Å²) in [5.74, 6) is 1.86. The molecule has 0 aliphatic heterocycles. The number of rotatable bonds is 8. The van der Waals surface area contributed by atoms with E-state index < -0.39 is 0 Å². The molecule has 2 heterocycles. The largest absolute Gasteiger partial charge is 0.370 e. The van der Waals surface area contributed by atoms with Gasteiger partial charge < -0.3 is 10.6 Å². The van der Waals surface area contributed by atoms with Crippen molar-refractivity contribution in [2.24, 2.45) is 0 Å². The second kappa shape index (κ2) is 7.93. The topological polar surface area (TPSA) is 62.7 Å². The van der Waals surface area contributed by atoms with E-state index in [0.717, 1.165) is 48.1 Å². The van der Waals surface area contributed by atoms with Crippen molar-refractivity contribution in [3.63, 3.8) is 0 Å². The molecule has 0 aromatic carbocycles. The molecule has 0 fully saturated rings. The van der Waals surface area contributed by atoms with Gasteiger partial charge in [0.25, 0.3) is 0 Å². The van der Waals surface area contributed by atoms with Crippen LogP contribution in [-0.4, -0.2) is 21.5 Å². The number of aryl methyl sites for hydroxylation is 1. The zero-order valence-corrected chi connectivity index (χ0v) is 13.8. The van der Waals surface area contributed by atoms with Crippen LogP contribution in [0.15, 0.2) is 11.7 Å². The van der Waals surface area contributed by atoms with E-state index in [2.05, 4.69) is 44.8 Å². The van der Waals surface area contributed by atoms with Gasteiger partial charge in [0.2, 0.25) is 0 Å². The number of nitrogens with zero attached hydrogens (tertiary/aromatic N) is 3. The molecule has 2 aromatic rings. The summed E-state index contributed by atoms with van der Waals surface area (Å²) in [7, 11) is 0. The highest BCUT2D eigenvalue weighted by atomic mass is 32.1. The molecular formula is C15H23N5S. The number of aromatic nitrogens is 3. The molecule has 0 atom stereocenters. The highest BCUT2D eigenvalue weighted by Crippen LogP contribution is 2.22. The molecule has 2 N–H and O–H groups in total. The first kappa shape index (κ1) is 15.7. The Hall–Kier alpha value is -1.69. The van der Waals surface area contributed by atoms with Gasteiger partial charge in [0.05, 0.1) is 17.2 Å². The molecule has 0 radical (unpaired) electrons. The van der Waals surface area contributed by atoms with Crippen LogP contribution < -0.4 is 10.6 Å². The molecule has 0 spiro atoms. The molecule has 2 rings (SSSR count). The van der Waals surface area contributed by atoms with Gasteiger partial charge in [0.15, 0.2) is 0 Å². The predicted molar refractivity (Wildman–Crippen MR) is 89.0 cm³/mol. The van der Waals surface area contributed by atoms with E-state index in [4.69, 9.17) is 0 Å². The molecule has 0 unspecified atom stereocenters. The van der Waals surface area contributed by atoms with Crippen molar-refractivity contribution in [3.8, 4) is 0 Å². The summed E-state index contributed by atoms with van der Waals surface area (Å²) < 4.78 is 0. The molecular weight excluding hydrogens is 282 g/mol. The molecule has 114 valence electrons. The average Bonchev–Trinajstić information content (AvgIpc) is 2.90. The number of thiazole rings is 1. The van der Waals surface area contributed by atoms with E-state index in [1.165, 1.54) is 5.56 Å². The van der Waals surface area contributed by atoms with E-state index in [0.29, 0.717) is 6.54 Å². The Morgan fingerprint density at radius 3 is 2.48 bits per heavy atom.